The van der Waals surface area contributed by atoms with Crippen molar-refractivity contribution in [1.29, 1.82) is 0 Å². The molecule has 3 rings (SSSR count). The van der Waals surface area contributed by atoms with Gasteiger partial charge < -0.3 is 19.1 Å². The Kier molecular flexibility index (Phi) is 7.86. The minimum absolute atomic E-state index is 0.101. The maximum absolute atomic E-state index is 10.3. The quantitative estimate of drug-likeness (QED) is 0.458. The second kappa shape index (κ2) is 10.4. The summed E-state index contributed by atoms with van der Waals surface area (Å²) in [5, 5.41) is 20.0. The minimum atomic E-state index is -0.627. The number of aliphatic hydroxyl groups excluding tert-OH is 1. The van der Waals surface area contributed by atoms with Crippen molar-refractivity contribution in [3.63, 3.8) is 0 Å². The lowest BCUT2D eigenvalue weighted by Crippen LogP contribution is -2.20. The summed E-state index contributed by atoms with van der Waals surface area (Å²) in [7, 11) is 1.88. The third-order valence-electron chi connectivity index (χ3n) is 4.67. The Balaban J connectivity index is 1.44. The van der Waals surface area contributed by atoms with Crippen LogP contribution < -0.4 is 9.47 Å². The van der Waals surface area contributed by atoms with E-state index in [4.69, 9.17) is 21.1 Å². The molecule has 0 spiro atoms. The van der Waals surface area contributed by atoms with Crippen molar-refractivity contribution < 1.29 is 14.6 Å². The summed E-state index contributed by atoms with van der Waals surface area (Å²) in [6.07, 6.45) is -0.627. The number of halogens is 1. The first-order valence-electron chi connectivity index (χ1n) is 10.0. The van der Waals surface area contributed by atoms with Gasteiger partial charge in [0, 0.05) is 17.8 Å². The maximum Gasteiger partial charge on any atom is 0.191 e. The molecule has 6 nitrogen and oxygen atoms in total. The molecule has 1 aromatic heterocycles. The predicted molar refractivity (Wildman–Crippen MR) is 124 cm³/mol. The Morgan fingerprint density at radius 3 is 2.26 bits per heavy atom. The normalized spacial score (nSPS) is 12.6. The van der Waals surface area contributed by atoms with Crippen molar-refractivity contribution in [3.8, 4) is 11.5 Å². The van der Waals surface area contributed by atoms with Gasteiger partial charge in [-0.1, -0.05) is 56.3 Å². The molecule has 166 valence electrons. The molecule has 2 aromatic carbocycles. The van der Waals surface area contributed by atoms with E-state index in [-0.39, 0.29) is 12.0 Å². The van der Waals surface area contributed by atoms with Gasteiger partial charge in [0.15, 0.2) is 11.0 Å². The van der Waals surface area contributed by atoms with E-state index in [1.165, 1.54) is 17.3 Å². The van der Waals surface area contributed by atoms with Crippen molar-refractivity contribution >= 4 is 23.4 Å². The minimum Gasteiger partial charge on any atom is -0.491 e. The van der Waals surface area contributed by atoms with Crippen molar-refractivity contribution in [1.82, 2.24) is 14.8 Å². The van der Waals surface area contributed by atoms with Crippen LogP contribution in [-0.2, 0) is 19.1 Å². The zero-order chi connectivity index (χ0) is 22.4. The van der Waals surface area contributed by atoms with Gasteiger partial charge in [-0.05, 0) is 47.4 Å². The molecule has 31 heavy (non-hydrogen) atoms. The molecule has 0 bridgehead atoms. The number of rotatable bonds is 9. The Morgan fingerprint density at radius 2 is 1.61 bits per heavy atom. The van der Waals surface area contributed by atoms with Gasteiger partial charge in [0.25, 0.3) is 0 Å². The number of thioether (sulfide) groups is 1. The first-order chi connectivity index (χ1) is 14.7. The van der Waals surface area contributed by atoms with Gasteiger partial charge in [-0.15, -0.1) is 10.2 Å². The summed E-state index contributed by atoms with van der Waals surface area (Å²) in [4.78, 5) is 0. The Hall–Kier alpha value is -2.22. The first-order valence-corrected chi connectivity index (χ1v) is 11.4. The molecular formula is C23H28ClN3O3S. The van der Waals surface area contributed by atoms with Gasteiger partial charge in [0.1, 0.15) is 24.7 Å². The maximum atomic E-state index is 10.3. The fourth-order valence-corrected chi connectivity index (χ4v) is 3.70. The number of aliphatic hydroxyl groups is 1. The first kappa shape index (κ1) is 23.4. The van der Waals surface area contributed by atoms with Crippen molar-refractivity contribution in [2.75, 3.05) is 12.4 Å². The topological polar surface area (TPSA) is 69.4 Å². The molecule has 0 aliphatic carbocycles. The second-order valence-electron chi connectivity index (χ2n) is 8.25. The fraction of sp³-hybridized carbons (Fsp3) is 0.391. The Morgan fingerprint density at radius 1 is 1.00 bits per heavy atom. The van der Waals surface area contributed by atoms with E-state index in [9.17, 15) is 5.11 Å². The molecule has 0 saturated carbocycles. The molecule has 0 aliphatic rings. The number of nitrogens with zero attached hydrogens (tertiary/aromatic N) is 3. The summed E-state index contributed by atoms with van der Waals surface area (Å²) in [5.41, 5.74) is 1.35. The third kappa shape index (κ3) is 6.89. The molecule has 1 N–H and O–H groups in total. The van der Waals surface area contributed by atoms with Gasteiger partial charge >= 0.3 is 0 Å². The number of ether oxygens (including phenoxy) is 2. The molecule has 0 radical (unpaired) electrons. The van der Waals surface area contributed by atoms with Gasteiger partial charge in [-0.25, -0.2) is 0 Å². The summed E-state index contributed by atoms with van der Waals surface area (Å²) in [6, 6.07) is 15.2. The number of hydrogen-bond donors (Lipinski definition) is 1. The number of aromatic nitrogens is 3. The van der Waals surface area contributed by atoms with Crippen molar-refractivity contribution in [2.45, 2.75) is 44.1 Å². The number of hydrogen-bond acceptors (Lipinski definition) is 6. The second-order valence-corrected chi connectivity index (χ2v) is 9.67. The Labute approximate surface area is 192 Å². The smallest absolute Gasteiger partial charge is 0.191 e. The monoisotopic (exact) mass is 461 g/mol. The summed E-state index contributed by atoms with van der Waals surface area (Å²) in [5.74, 6) is 2.61. The highest BCUT2D eigenvalue weighted by Crippen LogP contribution is 2.25. The third-order valence-corrected chi connectivity index (χ3v) is 6.09. The largest absolute Gasteiger partial charge is 0.491 e. The predicted octanol–water partition coefficient (Wildman–Crippen LogP) is 4.88. The van der Waals surface area contributed by atoms with Gasteiger partial charge in [-0.3, -0.25) is 0 Å². The highest BCUT2D eigenvalue weighted by molar-refractivity contribution is 7.99. The highest BCUT2D eigenvalue weighted by atomic mass is 35.5. The molecule has 3 aromatic rings. The van der Waals surface area contributed by atoms with Gasteiger partial charge in [0.05, 0.1) is 6.10 Å². The molecule has 0 aliphatic heterocycles. The summed E-state index contributed by atoms with van der Waals surface area (Å²) < 4.78 is 13.3. The van der Waals surface area contributed by atoms with Gasteiger partial charge in [-0.2, -0.15) is 0 Å². The SMILES string of the molecule is Cn1c(COc2ccc(Cl)cc2)nnc1SCC(O)COc1ccc(C(C)(C)C)cc1. The van der Waals surface area contributed by atoms with Crippen LogP contribution in [0.3, 0.4) is 0 Å². The van der Waals surface area contributed by atoms with Crippen molar-refractivity contribution in [2.24, 2.45) is 7.05 Å². The zero-order valence-corrected chi connectivity index (χ0v) is 19.8. The molecule has 0 amide bonds. The summed E-state index contributed by atoms with van der Waals surface area (Å²) >= 11 is 7.31. The lowest BCUT2D eigenvalue weighted by Gasteiger charge is -2.19. The van der Waals surface area contributed by atoms with E-state index in [1.54, 1.807) is 24.3 Å². The van der Waals surface area contributed by atoms with Crippen LogP contribution in [-0.4, -0.2) is 38.3 Å². The van der Waals surface area contributed by atoms with Crippen LogP contribution in [0.4, 0.5) is 0 Å². The molecule has 1 atom stereocenters. The fourth-order valence-electron chi connectivity index (χ4n) is 2.74. The molecule has 0 saturated heterocycles. The van der Waals surface area contributed by atoms with E-state index in [0.717, 1.165) is 5.75 Å². The lowest BCUT2D eigenvalue weighted by atomic mass is 9.87. The number of benzene rings is 2. The highest BCUT2D eigenvalue weighted by Gasteiger charge is 2.15. The van der Waals surface area contributed by atoms with Crippen LogP contribution >= 0.6 is 23.4 Å². The van der Waals surface area contributed by atoms with E-state index < -0.39 is 6.10 Å². The average molecular weight is 462 g/mol. The molecule has 1 unspecified atom stereocenters. The lowest BCUT2D eigenvalue weighted by molar-refractivity contribution is 0.126. The van der Waals surface area contributed by atoms with Crippen LogP contribution in [0.25, 0.3) is 0 Å². The van der Waals surface area contributed by atoms with Gasteiger partial charge in [0.2, 0.25) is 0 Å². The van der Waals surface area contributed by atoms with E-state index >= 15 is 0 Å². The Bertz CT molecular complexity index is 969. The molecule has 1 heterocycles. The summed E-state index contributed by atoms with van der Waals surface area (Å²) in [6.45, 7) is 7.02. The van der Waals surface area contributed by atoms with E-state index in [2.05, 4.69) is 43.1 Å². The zero-order valence-electron chi connectivity index (χ0n) is 18.2. The van der Waals surface area contributed by atoms with Crippen LogP contribution in [0.15, 0.2) is 53.7 Å². The van der Waals surface area contributed by atoms with Crippen molar-refractivity contribution in [3.05, 3.63) is 64.9 Å². The molecular weight excluding hydrogens is 434 g/mol. The van der Waals surface area contributed by atoms with Crippen LogP contribution in [0.2, 0.25) is 5.02 Å². The van der Waals surface area contributed by atoms with Crippen LogP contribution in [0, 0.1) is 0 Å². The van der Waals surface area contributed by atoms with E-state index in [1.807, 2.05) is 23.7 Å². The average Bonchev–Trinajstić information content (AvgIpc) is 3.09. The standard InChI is InChI=1S/C23H28ClN3O3S/c1-23(2,3)16-5-9-19(10-6-16)29-13-18(28)15-31-22-26-25-21(27(22)4)14-30-20-11-7-17(24)8-12-20/h5-12,18,28H,13-15H2,1-4H3. The van der Waals surface area contributed by atoms with E-state index in [0.29, 0.717) is 34.1 Å². The molecule has 0 fully saturated rings. The molecule has 8 heteroatoms. The van der Waals surface area contributed by atoms with Crippen LogP contribution in [0.1, 0.15) is 32.2 Å². The van der Waals surface area contributed by atoms with Crippen LogP contribution in [0.5, 0.6) is 11.5 Å².